The Balaban J connectivity index is 2.00. The van der Waals surface area contributed by atoms with E-state index in [1.165, 1.54) is 25.9 Å². The molecule has 2 rings (SSSR count). The predicted molar refractivity (Wildman–Crippen MR) is 69.0 cm³/mol. The Labute approximate surface area is 105 Å². The monoisotopic (exact) mass is 239 g/mol. The molecule has 2 aliphatic rings. The minimum absolute atomic E-state index is 0.212. The van der Waals surface area contributed by atoms with E-state index in [0.717, 1.165) is 6.54 Å². The number of likely N-dealkylation sites (tertiary alicyclic amines) is 1. The third-order valence-corrected chi connectivity index (χ3v) is 4.36. The van der Waals surface area contributed by atoms with Crippen LogP contribution in [-0.2, 0) is 0 Å². The zero-order valence-electron chi connectivity index (χ0n) is 11.5. The normalized spacial score (nSPS) is 28.5. The van der Waals surface area contributed by atoms with Crippen LogP contribution in [0.4, 0.5) is 4.79 Å². The number of likely N-dealkylation sites (N-methyl/N-ethyl adjacent to an activating group) is 1. The van der Waals surface area contributed by atoms with Gasteiger partial charge in [0, 0.05) is 19.6 Å². The van der Waals surface area contributed by atoms with E-state index < -0.39 is 0 Å². The van der Waals surface area contributed by atoms with Crippen LogP contribution in [0.5, 0.6) is 0 Å². The minimum Gasteiger partial charge on any atom is -0.323 e. The van der Waals surface area contributed by atoms with Crippen molar-refractivity contribution in [2.45, 2.75) is 38.8 Å². The summed E-state index contributed by atoms with van der Waals surface area (Å²) in [4.78, 5) is 18.5. The fourth-order valence-corrected chi connectivity index (χ4v) is 3.06. The van der Waals surface area contributed by atoms with Crippen molar-refractivity contribution in [1.82, 2.24) is 14.7 Å². The molecule has 1 unspecified atom stereocenters. The zero-order valence-corrected chi connectivity index (χ0v) is 11.5. The molecule has 2 amide bonds. The summed E-state index contributed by atoms with van der Waals surface area (Å²) in [5.41, 5.74) is 0. The molecule has 2 aliphatic heterocycles. The summed E-state index contributed by atoms with van der Waals surface area (Å²) >= 11 is 0. The number of urea groups is 1. The van der Waals surface area contributed by atoms with Gasteiger partial charge in [0.25, 0.3) is 0 Å². The maximum atomic E-state index is 12.1. The molecule has 0 spiro atoms. The fourth-order valence-electron chi connectivity index (χ4n) is 3.06. The van der Waals surface area contributed by atoms with Crippen molar-refractivity contribution in [3.05, 3.63) is 0 Å². The standard InChI is InChI=1S/C13H25N3O/c1-10(2)16-9-12(15(4)13(16)17)11-5-7-14(3)8-6-11/h10-12H,5-9H2,1-4H3. The molecule has 0 aromatic rings. The molecule has 4 nitrogen and oxygen atoms in total. The first-order valence-corrected chi connectivity index (χ1v) is 6.72. The van der Waals surface area contributed by atoms with E-state index in [9.17, 15) is 4.79 Å². The Kier molecular flexibility index (Phi) is 3.61. The lowest BCUT2D eigenvalue weighted by atomic mass is 9.89. The predicted octanol–water partition coefficient (Wildman–Crippen LogP) is 1.47. The first-order chi connectivity index (χ1) is 8.00. The van der Waals surface area contributed by atoms with Crippen LogP contribution in [-0.4, -0.2) is 66.5 Å². The van der Waals surface area contributed by atoms with Gasteiger partial charge in [-0.3, -0.25) is 0 Å². The van der Waals surface area contributed by atoms with Crippen molar-refractivity contribution < 1.29 is 4.79 Å². The summed E-state index contributed by atoms with van der Waals surface area (Å²) in [6, 6.07) is 0.962. The molecule has 98 valence electrons. The summed E-state index contributed by atoms with van der Waals surface area (Å²) in [6.45, 7) is 7.46. The zero-order chi connectivity index (χ0) is 12.6. The molecule has 0 aromatic heterocycles. The smallest absolute Gasteiger partial charge is 0.320 e. The van der Waals surface area contributed by atoms with E-state index >= 15 is 0 Å². The highest BCUT2D eigenvalue weighted by Gasteiger charge is 2.40. The summed E-state index contributed by atoms with van der Waals surface area (Å²) in [5, 5.41) is 0. The highest BCUT2D eigenvalue weighted by molar-refractivity contribution is 5.77. The molecule has 1 atom stereocenters. The molecule has 2 fully saturated rings. The van der Waals surface area contributed by atoms with Crippen LogP contribution in [0, 0.1) is 5.92 Å². The number of hydrogen-bond acceptors (Lipinski definition) is 2. The molecule has 2 saturated heterocycles. The van der Waals surface area contributed by atoms with E-state index in [2.05, 4.69) is 25.8 Å². The van der Waals surface area contributed by atoms with Gasteiger partial charge in [-0.1, -0.05) is 0 Å². The molecule has 4 heteroatoms. The van der Waals surface area contributed by atoms with Crippen LogP contribution in [0.25, 0.3) is 0 Å². The Hall–Kier alpha value is -0.770. The second-order valence-corrected chi connectivity index (χ2v) is 5.85. The summed E-state index contributed by atoms with van der Waals surface area (Å²) in [5.74, 6) is 0.684. The number of hydrogen-bond donors (Lipinski definition) is 0. The van der Waals surface area contributed by atoms with Crippen LogP contribution in [0.1, 0.15) is 26.7 Å². The van der Waals surface area contributed by atoms with Gasteiger partial charge in [-0.25, -0.2) is 4.79 Å². The molecule has 0 N–H and O–H groups in total. The number of carbonyl (C=O) groups excluding carboxylic acids is 1. The Bertz CT molecular complexity index is 284. The third-order valence-electron chi connectivity index (χ3n) is 4.36. The highest BCUT2D eigenvalue weighted by atomic mass is 16.2. The van der Waals surface area contributed by atoms with Gasteiger partial charge in [0.05, 0.1) is 6.04 Å². The Morgan fingerprint density at radius 3 is 2.24 bits per heavy atom. The van der Waals surface area contributed by atoms with Crippen molar-refractivity contribution in [1.29, 1.82) is 0 Å². The largest absolute Gasteiger partial charge is 0.323 e. The minimum atomic E-state index is 0.212. The number of piperidine rings is 1. The molecule has 0 saturated carbocycles. The number of nitrogens with zero attached hydrogens (tertiary/aromatic N) is 3. The van der Waals surface area contributed by atoms with Gasteiger partial charge in [-0.15, -0.1) is 0 Å². The van der Waals surface area contributed by atoms with Gasteiger partial charge in [-0.05, 0) is 52.7 Å². The highest BCUT2D eigenvalue weighted by Crippen LogP contribution is 2.28. The van der Waals surface area contributed by atoms with E-state index in [4.69, 9.17) is 0 Å². The van der Waals surface area contributed by atoms with Crippen LogP contribution in [0.15, 0.2) is 0 Å². The van der Waals surface area contributed by atoms with Crippen molar-refractivity contribution in [2.75, 3.05) is 33.7 Å². The van der Waals surface area contributed by atoms with E-state index in [1.54, 1.807) is 0 Å². The van der Waals surface area contributed by atoms with E-state index in [1.807, 2.05) is 16.8 Å². The average Bonchev–Trinajstić information content (AvgIpc) is 2.58. The summed E-state index contributed by atoms with van der Waals surface area (Å²) in [6.07, 6.45) is 2.45. The SMILES string of the molecule is CC(C)N1CC(C2CCN(C)CC2)N(C)C1=O. The van der Waals surface area contributed by atoms with Crippen molar-refractivity contribution in [3.8, 4) is 0 Å². The second kappa shape index (κ2) is 4.84. The molecule has 0 aliphatic carbocycles. The molecule has 2 heterocycles. The first-order valence-electron chi connectivity index (χ1n) is 6.72. The maximum Gasteiger partial charge on any atom is 0.320 e. The van der Waals surface area contributed by atoms with Crippen LogP contribution in [0.2, 0.25) is 0 Å². The molecular weight excluding hydrogens is 214 g/mol. The lowest BCUT2D eigenvalue weighted by Gasteiger charge is -2.34. The van der Waals surface area contributed by atoms with Crippen LogP contribution < -0.4 is 0 Å². The number of carbonyl (C=O) groups is 1. The first kappa shape index (κ1) is 12.7. The number of rotatable bonds is 2. The number of amides is 2. The van der Waals surface area contributed by atoms with Gasteiger partial charge in [-0.2, -0.15) is 0 Å². The Morgan fingerprint density at radius 2 is 1.76 bits per heavy atom. The molecule has 0 bridgehead atoms. The van der Waals surface area contributed by atoms with Gasteiger partial charge >= 0.3 is 6.03 Å². The molecule has 0 radical (unpaired) electrons. The molecular formula is C13H25N3O. The summed E-state index contributed by atoms with van der Waals surface area (Å²) in [7, 11) is 4.15. The second-order valence-electron chi connectivity index (χ2n) is 5.85. The van der Waals surface area contributed by atoms with Crippen LogP contribution >= 0.6 is 0 Å². The van der Waals surface area contributed by atoms with Crippen LogP contribution in [0.3, 0.4) is 0 Å². The lowest BCUT2D eigenvalue weighted by Crippen LogP contribution is -2.42. The Morgan fingerprint density at radius 1 is 1.18 bits per heavy atom. The van der Waals surface area contributed by atoms with Gasteiger partial charge in [0.1, 0.15) is 0 Å². The van der Waals surface area contributed by atoms with E-state index in [-0.39, 0.29) is 6.03 Å². The maximum absolute atomic E-state index is 12.1. The third kappa shape index (κ3) is 2.41. The topological polar surface area (TPSA) is 26.8 Å². The van der Waals surface area contributed by atoms with Gasteiger partial charge in [0.15, 0.2) is 0 Å². The quantitative estimate of drug-likeness (QED) is 0.729. The lowest BCUT2D eigenvalue weighted by molar-refractivity contribution is 0.150. The van der Waals surface area contributed by atoms with Crippen molar-refractivity contribution in [2.24, 2.45) is 5.92 Å². The summed E-state index contributed by atoms with van der Waals surface area (Å²) < 4.78 is 0. The average molecular weight is 239 g/mol. The van der Waals surface area contributed by atoms with Crippen molar-refractivity contribution >= 4 is 6.03 Å². The van der Waals surface area contributed by atoms with Gasteiger partial charge < -0.3 is 14.7 Å². The molecule has 0 aromatic carbocycles. The van der Waals surface area contributed by atoms with E-state index in [0.29, 0.717) is 18.0 Å². The van der Waals surface area contributed by atoms with Gasteiger partial charge in [0.2, 0.25) is 0 Å². The van der Waals surface area contributed by atoms with Crippen molar-refractivity contribution in [3.63, 3.8) is 0 Å². The fraction of sp³-hybridized carbons (Fsp3) is 0.923. The molecule has 17 heavy (non-hydrogen) atoms.